The highest BCUT2D eigenvalue weighted by Crippen LogP contribution is 1.89. The van der Waals surface area contributed by atoms with Crippen molar-refractivity contribution in [1.29, 1.82) is 0 Å². The van der Waals surface area contributed by atoms with E-state index in [-0.39, 0.29) is 6.03 Å². The summed E-state index contributed by atoms with van der Waals surface area (Å²) < 4.78 is 4.80. The fourth-order valence-corrected chi connectivity index (χ4v) is 1.06. The molecule has 0 aliphatic rings. The largest absolute Gasteiger partial charge is 0.383 e. The van der Waals surface area contributed by atoms with E-state index in [0.717, 1.165) is 12.1 Å². The van der Waals surface area contributed by atoms with Crippen LogP contribution in [0.2, 0.25) is 0 Å². The van der Waals surface area contributed by atoms with E-state index in [9.17, 15) is 4.79 Å². The minimum absolute atomic E-state index is 0.174. The van der Waals surface area contributed by atoms with Crippen molar-refractivity contribution in [3.63, 3.8) is 0 Å². The molecule has 15 heavy (non-hydrogen) atoms. The summed E-state index contributed by atoms with van der Waals surface area (Å²) in [6.07, 6.45) is 4.11. The van der Waals surface area contributed by atoms with Crippen molar-refractivity contribution in [3.8, 4) is 0 Å². The van der Waals surface area contributed by atoms with Gasteiger partial charge in [0.25, 0.3) is 0 Å². The number of rotatable bonds is 6. The average molecular weight is 212 g/mol. The highest BCUT2D eigenvalue weighted by molar-refractivity contribution is 5.73. The van der Waals surface area contributed by atoms with Gasteiger partial charge in [0.15, 0.2) is 0 Å². The predicted octanol–water partition coefficient (Wildman–Crippen LogP) is -0.102. The molecule has 3 N–H and O–H groups in total. The van der Waals surface area contributed by atoms with Crippen LogP contribution in [-0.2, 0) is 11.2 Å². The maximum absolute atomic E-state index is 11.1. The first kappa shape index (κ1) is 11.5. The smallest absolute Gasteiger partial charge is 0.314 e. The lowest BCUT2D eigenvalue weighted by Crippen LogP contribution is -2.38. The van der Waals surface area contributed by atoms with Crippen molar-refractivity contribution < 1.29 is 9.53 Å². The van der Waals surface area contributed by atoms with Crippen LogP contribution in [0.5, 0.6) is 0 Å². The van der Waals surface area contributed by atoms with Crippen molar-refractivity contribution in [1.82, 2.24) is 20.6 Å². The van der Waals surface area contributed by atoms with Crippen LogP contribution in [0.25, 0.3) is 0 Å². The van der Waals surface area contributed by atoms with Crippen LogP contribution in [0, 0.1) is 0 Å². The molecule has 1 aromatic rings. The molecule has 1 aromatic heterocycles. The molecule has 6 heteroatoms. The lowest BCUT2D eigenvalue weighted by Gasteiger charge is -2.05. The van der Waals surface area contributed by atoms with Gasteiger partial charge in [-0.25, -0.2) is 9.78 Å². The summed E-state index contributed by atoms with van der Waals surface area (Å²) in [6.45, 7) is 1.63. The van der Waals surface area contributed by atoms with Crippen LogP contribution in [-0.4, -0.2) is 42.8 Å². The Morgan fingerprint density at radius 1 is 1.53 bits per heavy atom. The first-order chi connectivity index (χ1) is 7.33. The van der Waals surface area contributed by atoms with Gasteiger partial charge in [0.2, 0.25) is 0 Å². The summed E-state index contributed by atoms with van der Waals surface area (Å²) in [5, 5.41) is 5.39. The summed E-state index contributed by atoms with van der Waals surface area (Å²) in [4.78, 5) is 18.0. The molecule has 0 aromatic carbocycles. The molecule has 0 saturated heterocycles. The van der Waals surface area contributed by atoms with Gasteiger partial charge in [-0.3, -0.25) is 0 Å². The van der Waals surface area contributed by atoms with Gasteiger partial charge in [-0.2, -0.15) is 0 Å². The van der Waals surface area contributed by atoms with Gasteiger partial charge in [0.05, 0.1) is 12.9 Å². The van der Waals surface area contributed by atoms with E-state index in [1.807, 2.05) is 0 Å². The molecule has 84 valence electrons. The number of aromatic amines is 1. The quantitative estimate of drug-likeness (QED) is 0.576. The Bertz CT molecular complexity index is 274. The molecule has 6 nitrogen and oxygen atoms in total. The third kappa shape index (κ3) is 5.02. The Morgan fingerprint density at radius 3 is 3.00 bits per heavy atom. The Balaban J connectivity index is 2.02. The number of methoxy groups -OCH3 is 1. The monoisotopic (exact) mass is 212 g/mol. The van der Waals surface area contributed by atoms with Crippen LogP contribution >= 0.6 is 0 Å². The molecule has 1 rings (SSSR count). The Labute approximate surface area is 88.4 Å². The van der Waals surface area contributed by atoms with Crippen LogP contribution in [0.3, 0.4) is 0 Å². The Morgan fingerprint density at radius 2 is 2.33 bits per heavy atom. The van der Waals surface area contributed by atoms with E-state index in [0.29, 0.717) is 19.7 Å². The molecule has 1 heterocycles. The SMILES string of the molecule is COCCNC(=O)NCCc1cnc[nH]1. The van der Waals surface area contributed by atoms with Crippen LogP contribution < -0.4 is 10.6 Å². The second-order valence-electron chi connectivity index (χ2n) is 3.00. The Kier molecular flexibility index (Phi) is 5.24. The molecule has 2 amide bonds. The molecule has 0 aliphatic heterocycles. The summed E-state index contributed by atoms with van der Waals surface area (Å²) in [5.74, 6) is 0. The number of nitrogens with one attached hydrogen (secondary N) is 3. The molecule has 0 atom stereocenters. The van der Waals surface area contributed by atoms with Gasteiger partial charge in [-0.15, -0.1) is 0 Å². The number of carbonyl (C=O) groups is 1. The maximum Gasteiger partial charge on any atom is 0.314 e. The van der Waals surface area contributed by atoms with Gasteiger partial charge in [-0.05, 0) is 0 Å². The number of imidazole rings is 1. The van der Waals surface area contributed by atoms with Crippen LogP contribution in [0.1, 0.15) is 5.69 Å². The predicted molar refractivity (Wildman–Crippen MR) is 55.6 cm³/mol. The van der Waals surface area contributed by atoms with Gasteiger partial charge in [-0.1, -0.05) is 0 Å². The first-order valence-electron chi connectivity index (χ1n) is 4.81. The zero-order chi connectivity index (χ0) is 10.9. The van der Waals surface area contributed by atoms with E-state index in [1.165, 1.54) is 0 Å². The molecular weight excluding hydrogens is 196 g/mol. The van der Waals surface area contributed by atoms with E-state index in [2.05, 4.69) is 20.6 Å². The number of hydrogen-bond donors (Lipinski definition) is 3. The fraction of sp³-hybridized carbons (Fsp3) is 0.556. The Hall–Kier alpha value is -1.56. The lowest BCUT2D eigenvalue weighted by molar-refractivity contribution is 0.196. The van der Waals surface area contributed by atoms with Crippen molar-refractivity contribution >= 4 is 6.03 Å². The minimum atomic E-state index is -0.174. The van der Waals surface area contributed by atoms with Gasteiger partial charge in [0.1, 0.15) is 0 Å². The molecule has 0 bridgehead atoms. The summed E-state index contributed by atoms with van der Waals surface area (Å²) in [5.41, 5.74) is 1.01. The van der Waals surface area contributed by atoms with Crippen LogP contribution in [0.4, 0.5) is 4.79 Å². The number of hydrogen-bond acceptors (Lipinski definition) is 3. The number of nitrogens with zero attached hydrogens (tertiary/aromatic N) is 1. The number of amides is 2. The van der Waals surface area contributed by atoms with Crippen molar-refractivity contribution in [2.24, 2.45) is 0 Å². The van der Waals surface area contributed by atoms with Crippen molar-refractivity contribution in [3.05, 3.63) is 18.2 Å². The van der Waals surface area contributed by atoms with Gasteiger partial charge < -0.3 is 20.4 Å². The molecule has 0 fully saturated rings. The molecule has 0 aliphatic carbocycles. The summed E-state index contributed by atoms with van der Waals surface area (Å²) >= 11 is 0. The lowest BCUT2D eigenvalue weighted by atomic mass is 10.3. The van der Waals surface area contributed by atoms with E-state index in [4.69, 9.17) is 4.74 Å². The maximum atomic E-state index is 11.1. The minimum Gasteiger partial charge on any atom is -0.383 e. The molecule has 0 spiro atoms. The second kappa shape index (κ2) is 6.83. The standard InChI is InChI=1S/C9H16N4O2/c1-15-5-4-12-9(14)11-3-2-8-6-10-7-13-8/h6-7H,2-5H2,1H3,(H,10,13)(H2,11,12,14). The zero-order valence-electron chi connectivity index (χ0n) is 8.75. The average Bonchev–Trinajstić information content (AvgIpc) is 2.71. The normalized spacial score (nSPS) is 9.93. The number of ether oxygens (including phenoxy) is 1. The molecular formula is C9H16N4O2. The highest BCUT2D eigenvalue weighted by atomic mass is 16.5. The third-order valence-corrected chi connectivity index (χ3v) is 1.83. The summed E-state index contributed by atoms with van der Waals surface area (Å²) in [7, 11) is 1.60. The second-order valence-corrected chi connectivity index (χ2v) is 3.00. The molecule has 0 saturated carbocycles. The number of H-pyrrole nitrogens is 1. The van der Waals surface area contributed by atoms with Gasteiger partial charge in [0, 0.05) is 38.5 Å². The molecule has 0 unspecified atom stereocenters. The van der Waals surface area contributed by atoms with E-state index < -0.39 is 0 Å². The third-order valence-electron chi connectivity index (χ3n) is 1.83. The highest BCUT2D eigenvalue weighted by Gasteiger charge is 1.98. The number of aromatic nitrogens is 2. The van der Waals surface area contributed by atoms with E-state index >= 15 is 0 Å². The zero-order valence-corrected chi connectivity index (χ0v) is 8.75. The van der Waals surface area contributed by atoms with Crippen molar-refractivity contribution in [2.45, 2.75) is 6.42 Å². The number of carbonyl (C=O) groups excluding carboxylic acids is 1. The number of urea groups is 1. The first-order valence-corrected chi connectivity index (χ1v) is 4.81. The van der Waals surface area contributed by atoms with Gasteiger partial charge >= 0.3 is 6.03 Å². The summed E-state index contributed by atoms with van der Waals surface area (Å²) in [6, 6.07) is -0.174. The van der Waals surface area contributed by atoms with Crippen LogP contribution in [0.15, 0.2) is 12.5 Å². The fourth-order valence-electron chi connectivity index (χ4n) is 1.06. The van der Waals surface area contributed by atoms with Crippen molar-refractivity contribution in [2.75, 3.05) is 26.8 Å². The topological polar surface area (TPSA) is 79.0 Å². The van der Waals surface area contributed by atoms with E-state index in [1.54, 1.807) is 19.6 Å². The molecule has 0 radical (unpaired) electrons.